The van der Waals surface area contributed by atoms with Crippen LogP contribution in [0.4, 0.5) is 5.69 Å². The molecule has 0 saturated carbocycles. The first-order valence-electron chi connectivity index (χ1n) is 6.76. The van der Waals surface area contributed by atoms with E-state index >= 15 is 0 Å². The summed E-state index contributed by atoms with van der Waals surface area (Å²) in [4.78, 5) is 0. The van der Waals surface area contributed by atoms with Gasteiger partial charge in [-0.05, 0) is 38.0 Å². The Kier molecular flexibility index (Phi) is 6.88. The summed E-state index contributed by atoms with van der Waals surface area (Å²) in [6.07, 6.45) is 6.34. The third-order valence-electron chi connectivity index (χ3n) is 3.14. The molecule has 1 rings (SSSR count). The Balaban J connectivity index is 2.48. The van der Waals surface area contributed by atoms with Crippen molar-refractivity contribution >= 4 is 28.9 Å². The minimum Gasteiger partial charge on any atom is -0.381 e. The van der Waals surface area contributed by atoms with Crippen molar-refractivity contribution in [2.24, 2.45) is 0 Å². The van der Waals surface area contributed by atoms with E-state index in [0.29, 0.717) is 6.04 Å². The number of hydrogen-bond donors (Lipinski definition) is 1. The molecule has 1 nitrogen and oxygen atoms in total. The minimum atomic E-state index is 0.429. The van der Waals surface area contributed by atoms with Crippen LogP contribution in [0.15, 0.2) is 12.1 Å². The maximum absolute atomic E-state index is 6.21. The Morgan fingerprint density at radius 3 is 2.50 bits per heavy atom. The second kappa shape index (κ2) is 7.91. The molecule has 0 saturated heterocycles. The summed E-state index contributed by atoms with van der Waals surface area (Å²) in [5, 5.41) is 4.95. The third-order valence-corrected chi connectivity index (χ3v) is 3.86. The molecule has 0 aromatic heterocycles. The van der Waals surface area contributed by atoms with Crippen LogP contribution in [0.3, 0.4) is 0 Å². The lowest BCUT2D eigenvalue weighted by molar-refractivity contribution is 0.594. The fourth-order valence-corrected chi connectivity index (χ4v) is 2.41. The van der Waals surface area contributed by atoms with E-state index in [2.05, 4.69) is 19.2 Å². The van der Waals surface area contributed by atoms with Crippen LogP contribution in [0.1, 0.15) is 51.5 Å². The summed E-state index contributed by atoms with van der Waals surface area (Å²) in [5.41, 5.74) is 1.96. The van der Waals surface area contributed by atoms with Gasteiger partial charge in [-0.15, -0.1) is 0 Å². The monoisotopic (exact) mass is 287 g/mol. The molecular weight excluding hydrogens is 265 g/mol. The molecule has 0 aliphatic heterocycles. The third kappa shape index (κ3) is 5.07. The predicted molar refractivity (Wildman–Crippen MR) is 83.0 cm³/mol. The van der Waals surface area contributed by atoms with E-state index in [9.17, 15) is 0 Å². The molecule has 0 heterocycles. The van der Waals surface area contributed by atoms with Crippen molar-refractivity contribution in [3.05, 3.63) is 27.7 Å². The molecule has 0 radical (unpaired) electrons. The average molecular weight is 288 g/mol. The Bertz CT molecular complexity index is 377. The zero-order chi connectivity index (χ0) is 13.5. The summed E-state index contributed by atoms with van der Waals surface area (Å²) in [5.74, 6) is 0. The molecule has 0 aliphatic rings. The van der Waals surface area contributed by atoms with Gasteiger partial charge in [-0.2, -0.15) is 0 Å². The Morgan fingerprint density at radius 1 is 1.11 bits per heavy atom. The molecule has 0 amide bonds. The number of aryl methyl sites for hydroxylation is 1. The molecular formula is C15H23Cl2N. The van der Waals surface area contributed by atoms with Gasteiger partial charge in [0.05, 0.1) is 10.7 Å². The highest BCUT2D eigenvalue weighted by Crippen LogP contribution is 2.29. The number of halogens is 2. The van der Waals surface area contributed by atoms with Crippen molar-refractivity contribution in [3.63, 3.8) is 0 Å². The molecule has 1 unspecified atom stereocenters. The van der Waals surface area contributed by atoms with Gasteiger partial charge in [0.1, 0.15) is 0 Å². The van der Waals surface area contributed by atoms with E-state index in [0.717, 1.165) is 21.3 Å². The van der Waals surface area contributed by atoms with Crippen molar-refractivity contribution in [1.29, 1.82) is 0 Å². The average Bonchev–Trinajstić information content (AvgIpc) is 2.32. The van der Waals surface area contributed by atoms with Gasteiger partial charge in [-0.1, -0.05) is 55.8 Å². The lowest BCUT2D eigenvalue weighted by atomic mass is 10.1. The maximum atomic E-state index is 6.21. The van der Waals surface area contributed by atoms with E-state index in [1.807, 2.05) is 19.1 Å². The van der Waals surface area contributed by atoms with Crippen molar-refractivity contribution < 1.29 is 0 Å². The largest absolute Gasteiger partial charge is 0.381 e. The topological polar surface area (TPSA) is 12.0 Å². The predicted octanol–water partition coefficient (Wildman–Crippen LogP) is 6.07. The van der Waals surface area contributed by atoms with Crippen molar-refractivity contribution in [2.45, 2.75) is 58.9 Å². The molecule has 1 aromatic carbocycles. The Labute approximate surface area is 121 Å². The number of unbranched alkanes of at least 4 members (excludes halogenated alkanes) is 3. The zero-order valence-corrected chi connectivity index (χ0v) is 13.0. The van der Waals surface area contributed by atoms with Crippen LogP contribution in [0.2, 0.25) is 10.0 Å². The lowest BCUT2D eigenvalue weighted by Crippen LogP contribution is -2.15. The molecule has 0 fully saturated rings. The van der Waals surface area contributed by atoms with Gasteiger partial charge >= 0.3 is 0 Å². The first-order chi connectivity index (χ1) is 8.54. The second-order valence-electron chi connectivity index (χ2n) is 4.98. The van der Waals surface area contributed by atoms with E-state index in [1.54, 1.807) is 0 Å². The highest BCUT2D eigenvalue weighted by molar-refractivity contribution is 6.35. The highest BCUT2D eigenvalue weighted by Gasteiger charge is 2.07. The SMILES string of the molecule is CCCCCCC(C)Nc1cc(Cl)c(C)cc1Cl. The van der Waals surface area contributed by atoms with Crippen molar-refractivity contribution in [1.82, 2.24) is 0 Å². The minimum absolute atomic E-state index is 0.429. The van der Waals surface area contributed by atoms with Gasteiger partial charge < -0.3 is 5.32 Å². The fraction of sp³-hybridized carbons (Fsp3) is 0.600. The number of hydrogen-bond acceptors (Lipinski definition) is 1. The molecule has 0 aliphatic carbocycles. The molecule has 1 aromatic rings. The Morgan fingerprint density at radius 2 is 1.83 bits per heavy atom. The summed E-state index contributed by atoms with van der Waals surface area (Å²) in [6.45, 7) is 6.39. The van der Waals surface area contributed by atoms with Gasteiger partial charge in [-0.25, -0.2) is 0 Å². The van der Waals surface area contributed by atoms with Crippen molar-refractivity contribution in [3.8, 4) is 0 Å². The quantitative estimate of drug-likeness (QED) is 0.600. The fourth-order valence-electron chi connectivity index (χ4n) is 1.97. The van der Waals surface area contributed by atoms with E-state index in [4.69, 9.17) is 23.2 Å². The van der Waals surface area contributed by atoms with Gasteiger partial charge in [0.25, 0.3) is 0 Å². The van der Waals surface area contributed by atoms with E-state index in [-0.39, 0.29) is 0 Å². The zero-order valence-electron chi connectivity index (χ0n) is 11.5. The second-order valence-corrected chi connectivity index (χ2v) is 5.79. The first kappa shape index (κ1) is 15.7. The number of anilines is 1. The molecule has 3 heteroatoms. The highest BCUT2D eigenvalue weighted by atomic mass is 35.5. The molecule has 1 atom stereocenters. The van der Waals surface area contributed by atoms with Crippen molar-refractivity contribution in [2.75, 3.05) is 5.32 Å². The first-order valence-corrected chi connectivity index (χ1v) is 7.52. The number of benzene rings is 1. The van der Waals surface area contributed by atoms with Crippen LogP contribution in [0.5, 0.6) is 0 Å². The van der Waals surface area contributed by atoms with Crippen LogP contribution < -0.4 is 5.32 Å². The van der Waals surface area contributed by atoms with Gasteiger partial charge in [0.2, 0.25) is 0 Å². The molecule has 0 spiro atoms. The van der Waals surface area contributed by atoms with Gasteiger partial charge in [0, 0.05) is 11.1 Å². The molecule has 0 bridgehead atoms. The molecule has 102 valence electrons. The van der Waals surface area contributed by atoms with Crippen LogP contribution in [-0.2, 0) is 0 Å². The summed E-state index contributed by atoms with van der Waals surface area (Å²) in [6, 6.07) is 4.26. The Hall–Kier alpha value is -0.400. The summed E-state index contributed by atoms with van der Waals surface area (Å²) >= 11 is 12.3. The van der Waals surface area contributed by atoms with Crippen LogP contribution >= 0.6 is 23.2 Å². The number of nitrogens with one attached hydrogen (secondary N) is 1. The maximum Gasteiger partial charge on any atom is 0.0641 e. The summed E-state index contributed by atoms with van der Waals surface area (Å²) < 4.78 is 0. The lowest BCUT2D eigenvalue weighted by Gasteiger charge is -2.17. The van der Waals surface area contributed by atoms with Crippen LogP contribution in [0, 0.1) is 6.92 Å². The van der Waals surface area contributed by atoms with Gasteiger partial charge in [0.15, 0.2) is 0 Å². The van der Waals surface area contributed by atoms with E-state index < -0.39 is 0 Å². The summed E-state index contributed by atoms with van der Waals surface area (Å²) in [7, 11) is 0. The smallest absolute Gasteiger partial charge is 0.0641 e. The molecule has 1 N–H and O–H groups in total. The molecule has 18 heavy (non-hydrogen) atoms. The van der Waals surface area contributed by atoms with Crippen LogP contribution in [0.25, 0.3) is 0 Å². The normalized spacial score (nSPS) is 12.5. The van der Waals surface area contributed by atoms with Gasteiger partial charge in [-0.3, -0.25) is 0 Å². The number of rotatable bonds is 7. The standard InChI is InChI=1S/C15H23Cl2N/c1-4-5-6-7-8-12(3)18-15-10-13(16)11(2)9-14(15)17/h9-10,12,18H,4-8H2,1-3H3. The van der Waals surface area contributed by atoms with E-state index in [1.165, 1.54) is 32.1 Å². The van der Waals surface area contributed by atoms with Crippen LogP contribution in [-0.4, -0.2) is 6.04 Å².